The summed E-state index contributed by atoms with van der Waals surface area (Å²) in [6, 6.07) is 0. The summed E-state index contributed by atoms with van der Waals surface area (Å²) in [6.45, 7) is 3.97. The standard InChI is InChI=1S/C11H18ClN3O/c1-2-5-15-10(13-14-11(15)8-12)7-9-4-3-6-16-9/h9H,2-8H2,1H3. The van der Waals surface area contributed by atoms with Crippen LogP contribution in [-0.2, 0) is 23.6 Å². The molecule has 1 atom stereocenters. The Morgan fingerprint density at radius 2 is 2.25 bits per heavy atom. The molecule has 90 valence electrons. The van der Waals surface area contributed by atoms with E-state index in [-0.39, 0.29) is 0 Å². The van der Waals surface area contributed by atoms with Crippen molar-refractivity contribution in [3.63, 3.8) is 0 Å². The number of hydrogen-bond acceptors (Lipinski definition) is 3. The fourth-order valence-electron chi connectivity index (χ4n) is 2.11. The van der Waals surface area contributed by atoms with Crippen LogP contribution in [0.1, 0.15) is 37.8 Å². The lowest BCUT2D eigenvalue weighted by atomic mass is 10.2. The molecule has 0 bridgehead atoms. The summed E-state index contributed by atoms with van der Waals surface area (Å²) in [5.74, 6) is 2.32. The van der Waals surface area contributed by atoms with Gasteiger partial charge in [0, 0.05) is 19.6 Å². The van der Waals surface area contributed by atoms with Crippen molar-refractivity contribution in [2.24, 2.45) is 0 Å². The SMILES string of the molecule is CCCn1c(CCl)nnc1CC1CCCO1. The molecule has 0 spiro atoms. The Hall–Kier alpha value is -0.610. The molecular formula is C11H18ClN3O. The molecule has 0 radical (unpaired) electrons. The van der Waals surface area contributed by atoms with E-state index in [0.29, 0.717) is 12.0 Å². The number of hydrogen-bond donors (Lipinski definition) is 0. The molecule has 2 rings (SSSR count). The summed E-state index contributed by atoms with van der Waals surface area (Å²) in [6.07, 6.45) is 4.55. The van der Waals surface area contributed by atoms with Crippen LogP contribution in [0, 0.1) is 0 Å². The highest BCUT2D eigenvalue weighted by Crippen LogP contribution is 2.17. The number of ether oxygens (including phenoxy) is 1. The molecule has 0 aromatic carbocycles. The Morgan fingerprint density at radius 1 is 1.44 bits per heavy atom. The van der Waals surface area contributed by atoms with Gasteiger partial charge >= 0.3 is 0 Å². The van der Waals surface area contributed by atoms with E-state index in [2.05, 4.69) is 21.7 Å². The second-order valence-corrected chi connectivity index (χ2v) is 4.42. The van der Waals surface area contributed by atoms with Gasteiger partial charge in [0.15, 0.2) is 0 Å². The minimum Gasteiger partial charge on any atom is -0.378 e. The predicted octanol–water partition coefficient (Wildman–Crippen LogP) is 2.15. The molecule has 1 unspecified atom stereocenters. The van der Waals surface area contributed by atoms with Crippen molar-refractivity contribution >= 4 is 11.6 Å². The first-order valence-corrected chi connectivity index (χ1v) is 6.47. The lowest BCUT2D eigenvalue weighted by molar-refractivity contribution is 0.109. The number of aromatic nitrogens is 3. The minimum atomic E-state index is 0.322. The highest BCUT2D eigenvalue weighted by atomic mass is 35.5. The summed E-state index contributed by atoms with van der Waals surface area (Å²) < 4.78 is 7.75. The minimum absolute atomic E-state index is 0.322. The molecule has 0 amide bonds. The van der Waals surface area contributed by atoms with Crippen molar-refractivity contribution in [3.05, 3.63) is 11.6 Å². The molecule has 0 saturated carbocycles. The van der Waals surface area contributed by atoms with Crippen molar-refractivity contribution in [3.8, 4) is 0 Å². The van der Waals surface area contributed by atoms with Gasteiger partial charge in [-0.2, -0.15) is 0 Å². The highest BCUT2D eigenvalue weighted by molar-refractivity contribution is 6.16. The Morgan fingerprint density at radius 3 is 2.88 bits per heavy atom. The van der Waals surface area contributed by atoms with Gasteiger partial charge in [-0.1, -0.05) is 6.92 Å². The van der Waals surface area contributed by atoms with E-state index in [9.17, 15) is 0 Å². The first-order chi connectivity index (χ1) is 7.85. The number of nitrogens with zero attached hydrogens (tertiary/aromatic N) is 3. The molecule has 2 heterocycles. The molecule has 1 aromatic heterocycles. The van der Waals surface area contributed by atoms with E-state index < -0.39 is 0 Å². The normalized spacial score (nSPS) is 20.5. The van der Waals surface area contributed by atoms with E-state index in [1.807, 2.05) is 0 Å². The van der Waals surface area contributed by atoms with Gasteiger partial charge in [-0.05, 0) is 19.3 Å². The van der Waals surface area contributed by atoms with Gasteiger partial charge in [0.1, 0.15) is 11.6 Å². The summed E-state index contributed by atoms with van der Waals surface area (Å²) in [4.78, 5) is 0. The van der Waals surface area contributed by atoms with Crippen molar-refractivity contribution in [1.29, 1.82) is 0 Å². The van der Waals surface area contributed by atoms with E-state index in [4.69, 9.17) is 16.3 Å². The monoisotopic (exact) mass is 243 g/mol. The maximum absolute atomic E-state index is 5.84. The summed E-state index contributed by atoms with van der Waals surface area (Å²) in [5, 5.41) is 8.34. The van der Waals surface area contributed by atoms with Gasteiger partial charge < -0.3 is 9.30 Å². The van der Waals surface area contributed by atoms with Gasteiger partial charge in [0.25, 0.3) is 0 Å². The van der Waals surface area contributed by atoms with Crippen molar-refractivity contribution < 1.29 is 4.74 Å². The quantitative estimate of drug-likeness (QED) is 0.744. The van der Waals surface area contributed by atoms with Crippen LogP contribution in [0.3, 0.4) is 0 Å². The lowest BCUT2D eigenvalue weighted by Gasteiger charge is -2.11. The maximum Gasteiger partial charge on any atom is 0.147 e. The van der Waals surface area contributed by atoms with E-state index in [0.717, 1.165) is 50.5 Å². The third-order valence-corrected chi connectivity index (χ3v) is 3.14. The molecule has 0 N–H and O–H groups in total. The summed E-state index contributed by atoms with van der Waals surface area (Å²) in [5.41, 5.74) is 0. The van der Waals surface area contributed by atoms with Crippen LogP contribution in [0.4, 0.5) is 0 Å². The van der Waals surface area contributed by atoms with E-state index in [1.54, 1.807) is 0 Å². The smallest absolute Gasteiger partial charge is 0.147 e. The van der Waals surface area contributed by atoms with Gasteiger partial charge in [-0.25, -0.2) is 0 Å². The predicted molar refractivity (Wildman–Crippen MR) is 62.5 cm³/mol. The zero-order valence-corrected chi connectivity index (χ0v) is 10.4. The topological polar surface area (TPSA) is 39.9 Å². The van der Waals surface area contributed by atoms with Crippen LogP contribution in [0.15, 0.2) is 0 Å². The van der Waals surface area contributed by atoms with Gasteiger partial charge in [-0.15, -0.1) is 21.8 Å². The molecule has 1 saturated heterocycles. The number of halogens is 1. The Balaban J connectivity index is 2.09. The van der Waals surface area contributed by atoms with Crippen molar-refractivity contribution in [2.75, 3.05) is 6.61 Å². The third kappa shape index (κ3) is 2.55. The maximum atomic E-state index is 5.84. The van der Waals surface area contributed by atoms with Gasteiger partial charge in [-0.3, -0.25) is 0 Å². The van der Waals surface area contributed by atoms with Crippen LogP contribution in [0.2, 0.25) is 0 Å². The first kappa shape index (κ1) is 11.9. The van der Waals surface area contributed by atoms with E-state index >= 15 is 0 Å². The Bertz CT molecular complexity index is 334. The highest BCUT2D eigenvalue weighted by Gasteiger charge is 2.20. The average molecular weight is 244 g/mol. The lowest BCUT2D eigenvalue weighted by Crippen LogP contribution is -2.15. The van der Waals surface area contributed by atoms with Crippen molar-refractivity contribution in [1.82, 2.24) is 14.8 Å². The molecule has 1 aliphatic rings. The van der Waals surface area contributed by atoms with Crippen LogP contribution in [-0.4, -0.2) is 27.5 Å². The molecule has 5 heteroatoms. The third-order valence-electron chi connectivity index (χ3n) is 2.90. The number of rotatable bonds is 5. The van der Waals surface area contributed by atoms with Crippen LogP contribution in [0.25, 0.3) is 0 Å². The molecule has 1 aliphatic heterocycles. The molecule has 1 aromatic rings. The first-order valence-electron chi connectivity index (χ1n) is 5.93. The Kier molecular flexibility index (Phi) is 4.18. The largest absolute Gasteiger partial charge is 0.378 e. The average Bonchev–Trinajstić information content (AvgIpc) is 2.91. The van der Waals surface area contributed by atoms with Crippen LogP contribution >= 0.6 is 11.6 Å². The molecule has 1 fully saturated rings. The molecular weight excluding hydrogens is 226 g/mol. The van der Waals surface area contributed by atoms with Crippen LogP contribution < -0.4 is 0 Å². The second kappa shape index (κ2) is 5.64. The van der Waals surface area contributed by atoms with Crippen LogP contribution in [0.5, 0.6) is 0 Å². The Labute approximate surface area is 101 Å². The summed E-state index contributed by atoms with van der Waals surface area (Å²) in [7, 11) is 0. The number of alkyl halides is 1. The molecule has 0 aliphatic carbocycles. The second-order valence-electron chi connectivity index (χ2n) is 4.16. The fraction of sp³-hybridized carbons (Fsp3) is 0.818. The summed E-state index contributed by atoms with van der Waals surface area (Å²) >= 11 is 5.84. The van der Waals surface area contributed by atoms with E-state index in [1.165, 1.54) is 0 Å². The van der Waals surface area contributed by atoms with Gasteiger partial charge in [0.05, 0.1) is 12.0 Å². The molecule has 16 heavy (non-hydrogen) atoms. The van der Waals surface area contributed by atoms with Crippen molar-refractivity contribution in [2.45, 2.75) is 51.1 Å². The fourth-order valence-corrected chi connectivity index (χ4v) is 2.31. The molecule has 4 nitrogen and oxygen atoms in total. The zero-order valence-electron chi connectivity index (χ0n) is 9.65. The van der Waals surface area contributed by atoms with Gasteiger partial charge in [0.2, 0.25) is 0 Å². The zero-order chi connectivity index (χ0) is 11.4.